The summed E-state index contributed by atoms with van der Waals surface area (Å²) >= 11 is 0. The Labute approximate surface area is 262 Å². The lowest BCUT2D eigenvalue weighted by Crippen LogP contribution is -2.41. The summed E-state index contributed by atoms with van der Waals surface area (Å²) in [5.74, 6) is -1.08. The molecule has 9 heteroatoms. The molecule has 7 nitrogen and oxygen atoms in total. The molecule has 1 unspecified atom stereocenters. The summed E-state index contributed by atoms with van der Waals surface area (Å²) in [6, 6.07) is 6.64. The second kappa shape index (κ2) is 17.0. The van der Waals surface area contributed by atoms with E-state index in [1.165, 1.54) is 25.3 Å². The second-order valence-electron chi connectivity index (χ2n) is 11.9. The van der Waals surface area contributed by atoms with Gasteiger partial charge in [0.1, 0.15) is 17.9 Å². The third kappa shape index (κ3) is 8.02. The molecule has 2 aromatic rings. The fourth-order valence-corrected chi connectivity index (χ4v) is 6.31. The molecule has 2 aromatic carbocycles. The normalized spacial score (nSPS) is 15.1. The first-order chi connectivity index (χ1) is 21.2. The van der Waals surface area contributed by atoms with E-state index in [0.29, 0.717) is 56.1 Å². The molecular weight excluding hydrogens is 566 g/mol. The van der Waals surface area contributed by atoms with Crippen molar-refractivity contribution in [1.82, 2.24) is 0 Å². The zero-order valence-electron chi connectivity index (χ0n) is 27.4. The zero-order chi connectivity index (χ0) is 32.3. The summed E-state index contributed by atoms with van der Waals surface area (Å²) < 4.78 is 48.6. The number of methoxy groups -OCH3 is 1. The van der Waals surface area contributed by atoms with E-state index in [0.717, 1.165) is 44.8 Å². The molecule has 246 valence electrons. The molecular formula is C35H52F2N2O5. The monoisotopic (exact) mass is 618 g/mol. The van der Waals surface area contributed by atoms with Gasteiger partial charge in [-0.1, -0.05) is 46.6 Å². The zero-order valence-corrected chi connectivity index (χ0v) is 27.4. The van der Waals surface area contributed by atoms with Crippen molar-refractivity contribution in [3.05, 3.63) is 47.5 Å². The molecule has 1 saturated heterocycles. The lowest BCUT2D eigenvalue weighted by atomic mass is 9.72. The van der Waals surface area contributed by atoms with Crippen LogP contribution in [0.15, 0.2) is 30.3 Å². The molecule has 1 atom stereocenters. The van der Waals surface area contributed by atoms with Crippen LogP contribution in [0.25, 0.3) is 0 Å². The lowest BCUT2D eigenvalue weighted by molar-refractivity contribution is -0.177. The number of carbonyl (C=O) groups excluding carboxylic acids is 1. The maximum absolute atomic E-state index is 16.1. The number of piperidine rings is 1. The third-order valence-corrected chi connectivity index (χ3v) is 9.25. The van der Waals surface area contributed by atoms with E-state index in [-0.39, 0.29) is 17.9 Å². The number of aldehydes is 1. The second-order valence-corrected chi connectivity index (χ2v) is 11.9. The Balaban J connectivity index is 1.94. The van der Waals surface area contributed by atoms with Crippen molar-refractivity contribution >= 4 is 17.7 Å². The number of hydrogen-bond acceptors (Lipinski definition) is 7. The van der Waals surface area contributed by atoms with Gasteiger partial charge in [0, 0.05) is 50.9 Å². The molecule has 44 heavy (non-hydrogen) atoms. The minimum absolute atomic E-state index is 0.202. The van der Waals surface area contributed by atoms with Gasteiger partial charge in [0.15, 0.2) is 17.9 Å². The molecule has 1 N–H and O–H groups in total. The van der Waals surface area contributed by atoms with Crippen LogP contribution in [0.5, 0.6) is 11.5 Å². The van der Waals surface area contributed by atoms with Crippen LogP contribution in [0, 0.1) is 23.0 Å². The van der Waals surface area contributed by atoms with Crippen LogP contribution in [0.4, 0.5) is 20.2 Å². The highest BCUT2D eigenvalue weighted by molar-refractivity contribution is 5.68. The minimum Gasteiger partial charge on any atom is -0.503 e. The number of anilines is 2. The number of hydrogen-bond donors (Lipinski definition) is 1. The molecule has 3 rings (SSSR count). The molecule has 0 aromatic heterocycles. The Bertz CT molecular complexity index is 1170. The summed E-state index contributed by atoms with van der Waals surface area (Å²) in [4.78, 5) is 16.4. The van der Waals surface area contributed by atoms with Crippen molar-refractivity contribution in [3.63, 3.8) is 0 Å². The molecule has 0 saturated carbocycles. The topological polar surface area (TPSA) is 71.5 Å². The molecule has 0 radical (unpaired) electrons. The average Bonchev–Trinajstić information content (AvgIpc) is 3.04. The van der Waals surface area contributed by atoms with Gasteiger partial charge in [-0.3, -0.25) is 0 Å². The molecule has 1 aliphatic heterocycles. The number of benzene rings is 2. The Morgan fingerprint density at radius 3 is 2.16 bits per heavy atom. The number of phenolic OH excluding ortho intramolecular Hbond substituents is 1. The quantitative estimate of drug-likeness (QED) is 0.103. The third-order valence-electron chi connectivity index (χ3n) is 9.25. The SMILES string of the molecule is CCCCOC(OCCCC)C1CCN(c2cc(OC)c(C(N(C)c3cccc(F)c3O)C(C=O)(CC)CC)cc2F)CC1. The van der Waals surface area contributed by atoms with Gasteiger partial charge < -0.3 is 33.9 Å². The van der Waals surface area contributed by atoms with Crippen molar-refractivity contribution in [2.45, 2.75) is 91.4 Å². The lowest BCUT2D eigenvalue weighted by Gasteiger charge is -2.43. The maximum atomic E-state index is 16.1. The van der Waals surface area contributed by atoms with Gasteiger partial charge in [0.25, 0.3) is 0 Å². The van der Waals surface area contributed by atoms with E-state index in [4.69, 9.17) is 14.2 Å². The van der Waals surface area contributed by atoms with E-state index in [1.54, 1.807) is 24.1 Å². The van der Waals surface area contributed by atoms with Gasteiger partial charge in [-0.2, -0.15) is 0 Å². The van der Waals surface area contributed by atoms with Gasteiger partial charge in [-0.15, -0.1) is 0 Å². The Morgan fingerprint density at radius 1 is 1.02 bits per heavy atom. The van der Waals surface area contributed by atoms with E-state index in [1.807, 2.05) is 18.7 Å². The Morgan fingerprint density at radius 2 is 1.64 bits per heavy atom. The van der Waals surface area contributed by atoms with Crippen LogP contribution in [-0.4, -0.2) is 58.1 Å². The molecule has 0 bridgehead atoms. The van der Waals surface area contributed by atoms with Crippen molar-refractivity contribution in [1.29, 1.82) is 0 Å². The number of halogens is 2. The van der Waals surface area contributed by atoms with Gasteiger partial charge in [0.05, 0.1) is 29.9 Å². The highest BCUT2D eigenvalue weighted by atomic mass is 19.1. The predicted octanol–water partition coefficient (Wildman–Crippen LogP) is 8.04. The summed E-state index contributed by atoms with van der Waals surface area (Å²) in [5, 5.41) is 10.6. The van der Waals surface area contributed by atoms with Crippen LogP contribution in [0.3, 0.4) is 0 Å². The number of para-hydroxylation sites is 1. The molecule has 0 amide bonds. The first kappa shape index (κ1) is 35.6. The maximum Gasteiger partial charge on any atom is 0.175 e. The summed E-state index contributed by atoms with van der Waals surface area (Å²) in [6.07, 6.45) is 7.21. The average molecular weight is 619 g/mol. The van der Waals surface area contributed by atoms with E-state index in [2.05, 4.69) is 13.8 Å². The van der Waals surface area contributed by atoms with Gasteiger partial charge in [0.2, 0.25) is 0 Å². The highest BCUT2D eigenvalue weighted by Crippen LogP contribution is 2.49. The van der Waals surface area contributed by atoms with E-state index in [9.17, 15) is 14.3 Å². The van der Waals surface area contributed by atoms with E-state index < -0.39 is 28.8 Å². The van der Waals surface area contributed by atoms with E-state index >= 15 is 4.39 Å². The van der Waals surface area contributed by atoms with Gasteiger partial charge in [-0.05, 0) is 56.7 Å². The standard InChI is InChI=1S/C35H52F2N2O5/c1-7-11-20-43-34(44-21-12-8-2)25-16-18-39(19-17-25)30-23-31(42-6)26(22-28(30)37)33(35(9-3,10-4)24-40)38(5)29-15-13-14-27(36)32(29)41/h13-15,22-25,33-34,41H,7-12,16-21H2,1-6H3. The number of rotatable bonds is 18. The fourth-order valence-electron chi connectivity index (χ4n) is 6.31. The minimum atomic E-state index is -0.961. The number of ether oxygens (including phenoxy) is 3. The van der Waals surface area contributed by atoms with Gasteiger partial charge in [-0.25, -0.2) is 8.78 Å². The number of phenols is 1. The first-order valence-corrected chi connectivity index (χ1v) is 16.2. The van der Waals surface area contributed by atoms with Crippen LogP contribution in [0.1, 0.15) is 90.7 Å². The summed E-state index contributed by atoms with van der Waals surface area (Å²) in [6.45, 7) is 10.7. The molecule has 1 heterocycles. The van der Waals surface area contributed by atoms with Crippen LogP contribution in [-0.2, 0) is 14.3 Å². The molecule has 0 spiro atoms. The fraction of sp³-hybridized carbons (Fsp3) is 0.629. The molecule has 1 fully saturated rings. The molecule has 1 aliphatic rings. The summed E-state index contributed by atoms with van der Waals surface area (Å²) in [5.41, 5.74) is 0.129. The number of unbranched alkanes of at least 4 members (excludes halogenated alkanes) is 2. The van der Waals surface area contributed by atoms with Gasteiger partial charge >= 0.3 is 0 Å². The first-order valence-electron chi connectivity index (χ1n) is 16.2. The van der Waals surface area contributed by atoms with Crippen molar-refractivity contribution in [2.75, 3.05) is 50.3 Å². The predicted molar refractivity (Wildman–Crippen MR) is 172 cm³/mol. The van der Waals surface area contributed by atoms with Crippen molar-refractivity contribution in [2.24, 2.45) is 11.3 Å². The molecule has 0 aliphatic carbocycles. The summed E-state index contributed by atoms with van der Waals surface area (Å²) in [7, 11) is 3.20. The number of aromatic hydroxyl groups is 1. The largest absolute Gasteiger partial charge is 0.503 e. The van der Waals surface area contributed by atoms with Crippen LogP contribution >= 0.6 is 0 Å². The number of nitrogens with zero attached hydrogens (tertiary/aromatic N) is 2. The van der Waals surface area contributed by atoms with Crippen molar-refractivity contribution < 1.29 is 32.9 Å². The smallest absolute Gasteiger partial charge is 0.175 e. The van der Waals surface area contributed by atoms with Crippen LogP contribution in [0.2, 0.25) is 0 Å². The Hall–Kier alpha value is -2.91. The van der Waals surface area contributed by atoms with Crippen LogP contribution < -0.4 is 14.5 Å². The highest BCUT2D eigenvalue weighted by Gasteiger charge is 2.42. The van der Waals surface area contributed by atoms with Crippen molar-refractivity contribution in [3.8, 4) is 11.5 Å². The Kier molecular flexibility index (Phi) is 13.7. The number of carbonyl (C=O) groups is 1.